The smallest absolute Gasteiger partial charge is 0.121 e. The second kappa shape index (κ2) is 5.38. The molecule has 1 rings (SSSR count). The van der Waals surface area contributed by atoms with E-state index in [1.165, 1.54) is 5.56 Å². The summed E-state index contributed by atoms with van der Waals surface area (Å²) in [5, 5.41) is 4.55. The molecule has 0 bridgehead atoms. The van der Waals surface area contributed by atoms with Gasteiger partial charge >= 0.3 is 0 Å². The van der Waals surface area contributed by atoms with Gasteiger partial charge in [-0.25, -0.2) is 0 Å². The molecule has 3 heteroatoms. The summed E-state index contributed by atoms with van der Waals surface area (Å²) >= 11 is 3.52. The van der Waals surface area contributed by atoms with Crippen molar-refractivity contribution >= 4 is 29.4 Å². The van der Waals surface area contributed by atoms with Gasteiger partial charge in [-0.1, -0.05) is 6.92 Å². The van der Waals surface area contributed by atoms with Crippen LogP contribution in [0.4, 0.5) is 0 Å². The molecule has 1 aromatic heterocycles. The Hall–Kier alpha value is -0.280. The van der Waals surface area contributed by atoms with Crippen LogP contribution in [0.1, 0.15) is 24.2 Å². The highest BCUT2D eigenvalue weighted by Crippen LogP contribution is 2.32. The van der Waals surface area contributed by atoms with Gasteiger partial charge in [0, 0.05) is 11.7 Å². The van der Waals surface area contributed by atoms with E-state index in [2.05, 4.69) is 23.8 Å². The number of hydrogen-bond acceptors (Lipinski definition) is 3. The largest absolute Gasteiger partial charge is 0.303 e. The lowest BCUT2D eigenvalue weighted by atomic mass is 10.2. The molecular weight excluding hydrogens is 188 g/mol. The Morgan fingerprint density at radius 2 is 2.58 bits per heavy atom. The lowest BCUT2D eigenvalue weighted by Crippen LogP contribution is -1.93. The first-order valence-corrected chi connectivity index (χ1v) is 5.95. The molecule has 1 aromatic rings. The number of carbonyl (C=O) groups excluding carboxylic acids is 1. The average Bonchev–Trinajstić information content (AvgIpc) is 2.56. The first kappa shape index (κ1) is 9.81. The van der Waals surface area contributed by atoms with Gasteiger partial charge in [0.1, 0.15) is 6.29 Å². The number of carbonyl (C=O) groups is 1. The molecule has 0 aliphatic carbocycles. The maximum Gasteiger partial charge on any atom is 0.121 e. The van der Waals surface area contributed by atoms with Crippen molar-refractivity contribution in [1.82, 2.24) is 0 Å². The van der Waals surface area contributed by atoms with E-state index in [0.717, 1.165) is 12.0 Å². The van der Waals surface area contributed by atoms with Crippen LogP contribution in [0.15, 0.2) is 16.8 Å². The van der Waals surface area contributed by atoms with Crippen LogP contribution < -0.4 is 0 Å². The highest BCUT2D eigenvalue weighted by Gasteiger charge is 2.10. The molecule has 66 valence electrons. The maximum atomic E-state index is 10.4. The van der Waals surface area contributed by atoms with Crippen molar-refractivity contribution < 1.29 is 4.79 Å². The van der Waals surface area contributed by atoms with Crippen molar-refractivity contribution in [3.63, 3.8) is 0 Å². The van der Waals surface area contributed by atoms with Crippen molar-refractivity contribution in [3.05, 3.63) is 22.4 Å². The summed E-state index contributed by atoms with van der Waals surface area (Å²) in [4.78, 5) is 10.4. The fraction of sp³-hybridized carbons (Fsp3) is 0.444. The van der Waals surface area contributed by atoms with Crippen LogP contribution in [0.3, 0.4) is 0 Å². The lowest BCUT2D eigenvalue weighted by molar-refractivity contribution is -0.107. The van der Waals surface area contributed by atoms with Crippen molar-refractivity contribution in [1.29, 1.82) is 0 Å². The van der Waals surface area contributed by atoms with Crippen LogP contribution in [0, 0.1) is 0 Å². The van der Waals surface area contributed by atoms with Gasteiger partial charge in [0.05, 0.1) is 0 Å². The van der Waals surface area contributed by atoms with Crippen molar-refractivity contribution in [3.8, 4) is 0 Å². The predicted molar refractivity (Wildman–Crippen MR) is 55.9 cm³/mol. The van der Waals surface area contributed by atoms with Gasteiger partial charge in [0.2, 0.25) is 0 Å². The first-order chi connectivity index (χ1) is 5.88. The molecule has 12 heavy (non-hydrogen) atoms. The van der Waals surface area contributed by atoms with Crippen LogP contribution in [-0.2, 0) is 4.79 Å². The molecule has 1 nitrogen and oxygen atoms in total. The van der Waals surface area contributed by atoms with Crippen LogP contribution in [0.2, 0.25) is 0 Å². The summed E-state index contributed by atoms with van der Waals surface area (Å²) in [5.74, 6) is 1.06. The summed E-state index contributed by atoms with van der Waals surface area (Å²) in [7, 11) is 0. The van der Waals surface area contributed by atoms with Crippen LogP contribution in [0.5, 0.6) is 0 Å². The van der Waals surface area contributed by atoms with Crippen molar-refractivity contribution in [2.45, 2.75) is 18.6 Å². The summed E-state index contributed by atoms with van der Waals surface area (Å²) in [6.45, 7) is 2.12. The van der Waals surface area contributed by atoms with E-state index < -0.39 is 0 Å². The van der Waals surface area contributed by atoms with E-state index >= 15 is 0 Å². The zero-order valence-electron chi connectivity index (χ0n) is 7.03. The first-order valence-electron chi connectivity index (χ1n) is 3.95. The standard InChI is InChI=1S/C9H12OS2/c1-2-12-9(3-5-10)8-4-6-11-7-8/h4-7,9H,2-3H2,1H3/t9-/m1/s1. The zero-order valence-corrected chi connectivity index (χ0v) is 8.66. The molecule has 0 N–H and O–H groups in total. The van der Waals surface area contributed by atoms with Crippen LogP contribution >= 0.6 is 23.1 Å². The Bertz CT molecular complexity index is 218. The minimum absolute atomic E-state index is 0.374. The number of rotatable bonds is 5. The highest BCUT2D eigenvalue weighted by molar-refractivity contribution is 7.99. The molecule has 0 saturated heterocycles. The Balaban J connectivity index is 2.59. The maximum absolute atomic E-state index is 10.4. The van der Waals surface area contributed by atoms with Crippen LogP contribution in [0.25, 0.3) is 0 Å². The predicted octanol–water partition coefficient (Wildman–Crippen LogP) is 3.13. The molecule has 0 unspecified atom stereocenters. The van der Waals surface area contributed by atoms with E-state index in [0.29, 0.717) is 11.7 Å². The van der Waals surface area contributed by atoms with E-state index in [9.17, 15) is 4.79 Å². The van der Waals surface area contributed by atoms with Gasteiger partial charge in [0.15, 0.2) is 0 Å². The monoisotopic (exact) mass is 200 g/mol. The van der Waals surface area contributed by atoms with Crippen molar-refractivity contribution in [2.75, 3.05) is 5.75 Å². The SMILES string of the molecule is CCS[C@H](CC=O)c1ccsc1. The number of thiophene rings is 1. The number of thioether (sulfide) groups is 1. The number of aldehydes is 1. The van der Waals surface area contributed by atoms with Crippen molar-refractivity contribution in [2.24, 2.45) is 0 Å². The minimum Gasteiger partial charge on any atom is -0.303 e. The Morgan fingerprint density at radius 3 is 3.08 bits per heavy atom. The quantitative estimate of drug-likeness (QED) is 0.679. The molecule has 1 heterocycles. The third kappa shape index (κ3) is 2.64. The fourth-order valence-corrected chi connectivity index (χ4v) is 2.80. The third-order valence-corrected chi connectivity index (χ3v) is 3.49. The van der Waals surface area contributed by atoms with Gasteiger partial charge in [-0.3, -0.25) is 0 Å². The van der Waals surface area contributed by atoms with Gasteiger partial charge < -0.3 is 4.79 Å². The summed E-state index contributed by atoms with van der Waals surface area (Å²) in [6, 6.07) is 2.10. The van der Waals surface area contributed by atoms with Gasteiger partial charge in [-0.2, -0.15) is 23.1 Å². The number of hydrogen-bond donors (Lipinski definition) is 0. The second-order valence-corrected chi connectivity index (χ2v) is 4.66. The van der Waals surface area contributed by atoms with Gasteiger partial charge in [-0.15, -0.1) is 0 Å². The van der Waals surface area contributed by atoms with E-state index in [4.69, 9.17) is 0 Å². The molecule has 0 spiro atoms. The second-order valence-electron chi connectivity index (χ2n) is 2.40. The molecule has 1 atom stereocenters. The summed E-state index contributed by atoms with van der Waals surface area (Å²) in [6.07, 6.45) is 1.64. The summed E-state index contributed by atoms with van der Waals surface area (Å²) < 4.78 is 0. The molecule has 0 aliphatic heterocycles. The minimum atomic E-state index is 0.374. The lowest BCUT2D eigenvalue weighted by Gasteiger charge is -2.09. The molecule has 0 fully saturated rings. The molecule has 0 amide bonds. The van der Waals surface area contributed by atoms with E-state index in [1.807, 2.05) is 11.8 Å². The zero-order chi connectivity index (χ0) is 8.81. The molecular formula is C9H12OS2. The Kier molecular flexibility index (Phi) is 4.40. The Morgan fingerprint density at radius 1 is 1.75 bits per heavy atom. The molecule has 0 saturated carbocycles. The van der Waals surface area contributed by atoms with E-state index in [-0.39, 0.29) is 0 Å². The van der Waals surface area contributed by atoms with E-state index in [1.54, 1.807) is 11.3 Å². The average molecular weight is 200 g/mol. The topological polar surface area (TPSA) is 17.1 Å². The molecule has 0 aromatic carbocycles. The van der Waals surface area contributed by atoms with Gasteiger partial charge in [-0.05, 0) is 28.1 Å². The fourth-order valence-electron chi connectivity index (χ4n) is 1.05. The molecule has 0 radical (unpaired) electrons. The normalized spacial score (nSPS) is 12.8. The van der Waals surface area contributed by atoms with Crippen LogP contribution in [-0.4, -0.2) is 12.0 Å². The van der Waals surface area contributed by atoms with Gasteiger partial charge in [0.25, 0.3) is 0 Å². The summed E-state index contributed by atoms with van der Waals surface area (Å²) in [5.41, 5.74) is 1.29. The third-order valence-electron chi connectivity index (χ3n) is 1.59. The molecule has 0 aliphatic rings. The Labute approximate surface area is 81.2 Å². The highest BCUT2D eigenvalue weighted by atomic mass is 32.2.